The number of carbonyl (C=O) groups excluding carboxylic acids is 2. The van der Waals surface area contributed by atoms with Gasteiger partial charge in [0.05, 0.1) is 12.0 Å². The van der Waals surface area contributed by atoms with Gasteiger partial charge in [0.2, 0.25) is 5.91 Å². The number of anilines is 1. The molecule has 5 heteroatoms. The molecule has 3 amide bonds. The Kier molecular flexibility index (Phi) is 6.12. The van der Waals surface area contributed by atoms with E-state index in [4.69, 9.17) is 0 Å². The third kappa shape index (κ3) is 4.88. The largest absolute Gasteiger partial charge is 0.336 e. The molecular formula is C22H27N3O2. The summed E-state index contributed by atoms with van der Waals surface area (Å²) in [5.74, 6) is -0.252. The average molecular weight is 365 g/mol. The average Bonchev–Trinajstić information content (AvgIpc) is 2.68. The van der Waals surface area contributed by atoms with Crippen LogP contribution in [0.5, 0.6) is 0 Å². The zero-order valence-corrected chi connectivity index (χ0v) is 15.9. The number of nitrogens with zero attached hydrogens (tertiary/aromatic N) is 1. The van der Waals surface area contributed by atoms with E-state index in [0.717, 1.165) is 24.1 Å². The van der Waals surface area contributed by atoms with Gasteiger partial charge in [-0.15, -0.1) is 0 Å². The maximum atomic E-state index is 12.8. The number of likely N-dealkylation sites (tertiary alicyclic amines) is 1. The molecule has 0 bridgehead atoms. The molecule has 27 heavy (non-hydrogen) atoms. The molecule has 1 heterocycles. The fourth-order valence-corrected chi connectivity index (χ4v) is 3.53. The van der Waals surface area contributed by atoms with E-state index in [1.807, 2.05) is 79.4 Å². The van der Waals surface area contributed by atoms with Crippen LogP contribution in [0.4, 0.5) is 10.5 Å². The summed E-state index contributed by atoms with van der Waals surface area (Å²) in [6.07, 6.45) is 1.52. The highest BCUT2D eigenvalue weighted by Gasteiger charge is 2.35. The van der Waals surface area contributed by atoms with Crippen LogP contribution in [-0.4, -0.2) is 29.4 Å². The first-order valence-electron chi connectivity index (χ1n) is 9.52. The van der Waals surface area contributed by atoms with Crippen LogP contribution >= 0.6 is 0 Å². The molecule has 0 saturated carbocycles. The van der Waals surface area contributed by atoms with Gasteiger partial charge in [-0.1, -0.05) is 48.5 Å². The lowest BCUT2D eigenvalue weighted by atomic mass is 9.88. The number of hydrogen-bond donors (Lipinski definition) is 2. The van der Waals surface area contributed by atoms with Crippen molar-refractivity contribution in [3.63, 3.8) is 0 Å². The topological polar surface area (TPSA) is 61.4 Å². The van der Waals surface area contributed by atoms with E-state index in [-0.39, 0.29) is 29.9 Å². The maximum absolute atomic E-state index is 12.8. The minimum absolute atomic E-state index is 0.00859. The molecule has 1 fully saturated rings. The van der Waals surface area contributed by atoms with E-state index in [2.05, 4.69) is 10.6 Å². The third-order valence-electron chi connectivity index (χ3n) is 4.85. The molecule has 0 aromatic heterocycles. The standard InChI is InChI=1S/C22H27N3O2/c1-16(2)23-22(27)25-15-18(21(26)24-19-11-7-4-8-12-19)13-14-20(25)17-9-5-3-6-10-17/h3-12,16,18,20H,13-15H2,1-2H3,(H,23,27)(H,24,26). The van der Waals surface area contributed by atoms with Gasteiger partial charge in [0.25, 0.3) is 0 Å². The van der Waals surface area contributed by atoms with Crippen molar-refractivity contribution in [3.8, 4) is 0 Å². The van der Waals surface area contributed by atoms with E-state index in [0.29, 0.717) is 6.54 Å². The summed E-state index contributed by atoms with van der Waals surface area (Å²) in [5.41, 5.74) is 1.89. The van der Waals surface area contributed by atoms with Crippen LogP contribution in [0, 0.1) is 5.92 Å². The molecule has 5 nitrogen and oxygen atoms in total. The van der Waals surface area contributed by atoms with Gasteiger partial charge in [-0.2, -0.15) is 0 Å². The van der Waals surface area contributed by atoms with E-state index in [9.17, 15) is 9.59 Å². The number of para-hydroxylation sites is 1. The summed E-state index contributed by atoms with van der Waals surface area (Å²) < 4.78 is 0. The minimum atomic E-state index is -0.219. The van der Waals surface area contributed by atoms with Crippen molar-refractivity contribution >= 4 is 17.6 Å². The molecule has 3 rings (SSSR count). The second-order valence-corrected chi connectivity index (χ2v) is 7.31. The number of rotatable bonds is 4. The van der Waals surface area contributed by atoms with Crippen molar-refractivity contribution in [3.05, 3.63) is 66.2 Å². The van der Waals surface area contributed by atoms with E-state index in [1.165, 1.54) is 0 Å². The lowest BCUT2D eigenvalue weighted by molar-refractivity contribution is -0.121. The smallest absolute Gasteiger partial charge is 0.318 e. The first-order valence-corrected chi connectivity index (χ1v) is 9.52. The van der Waals surface area contributed by atoms with Gasteiger partial charge in [-0.25, -0.2) is 4.79 Å². The molecule has 0 spiro atoms. The molecule has 2 aromatic rings. The SMILES string of the molecule is CC(C)NC(=O)N1CC(C(=O)Nc2ccccc2)CCC1c1ccccc1. The normalized spacial score (nSPS) is 19.6. The molecule has 1 aliphatic heterocycles. The van der Waals surface area contributed by atoms with Crippen LogP contribution in [-0.2, 0) is 4.79 Å². The van der Waals surface area contributed by atoms with E-state index in [1.54, 1.807) is 0 Å². The van der Waals surface area contributed by atoms with Gasteiger partial charge in [-0.05, 0) is 44.4 Å². The third-order valence-corrected chi connectivity index (χ3v) is 4.85. The molecule has 0 aliphatic carbocycles. The molecule has 2 unspecified atom stereocenters. The van der Waals surface area contributed by atoms with Crippen LogP contribution in [0.2, 0.25) is 0 Å². The summed E-state index contributed by atoms with van der Waals surface area (Å²) in [6.45, 7) is 4.30. The molecule has 1 aliphatic rings. The predicted molar refractivity (Wildman–Crippen MR) is 107 cm³/mol. The van der Waals surface area contributed by atoms with Crippen molar-refractivity contribution < 1.29 is 9.59 Å². The van der Waals surface area contributed by atoms with Crippen LogP contribution in [0.1, 0.15) is 38.3 Å². The quantitative estimate of drug-likeness (QED) is 0.853. The molecule has 0 radical (unpaired) electrons. The number of carbonyl (C=O) groups is 2. The highest BCUT2D eigenvalue weighted by molar-refractivity contribution is 5.93. The second kappa shape index (κ2) is 8.71. The molecule has 2 atom stereocenters. The Hall–Kier alpha value is -2.82. The number of nitrogens with one attached hydrogen (secondary N) is 2. The Balaban J connectivity index is 1.75. The molecule has 2 N–H and O–H groups in total. The highest BCUT2D eigenvalue weighted by atomic mass is 16.2. The zero-order chi connectivity index (χ0) is 19.2. The van der Waals surface area contributed by atoms with Crippen LogP contribution < -0.4 is 10.6 Å². The Morgan fingerprint density at radius 3 is 2.22 bits per heavy atom. The fraction of sp³-hybridized carbons (Fsp3) is 0.364. The summed E-state index contributed by atoms with van der Waals surface area (Å²) >= 11 is 0. The first-order chi connectivity index (χ1) is 13.0. The van der Waals surface area contributed by atoms with Gasteiger partial charge < -0.3 is 15.5 Å². The number of hydrogen-bond acceptors (Lipinski definition) is 2. The Morgan fingerprint density at radius 1 is 0.963 bits per heavy atom. The van der Waals surface area contributed by atoms with E-state index < -0.39 is 0 Å². The van der Waals surface area contributed by atoms with Gasteiger partial charge in [0, 0.05) is 18.3 Å². The van der Waals surface area contributed by atoms with Crippen molar-refractivity contribution in [2.24, 2.45) is 5.92 Å². The summed E-state index contributed by atoms with van der Waals surface area (Å²) in [4.78, 5) is 27.3. The van der Waals surface area contributed by atoms with Crippen LogP contribution in [0.15, 0.2) is 60.7 Å². The van der Waals surface area contributed by atoms with Crippen molar-refractivity contribution in [2.45, 2.75) is 38.8 Å². The predicted octanol–water partition coefficient (Wildman–Crippen LogP) is 4.20. The number of amides is 3. The number of urea groups is 1. The monoisotopic (exact) mass is 365 g/mol. The lowest BCUT2D eigenvalue weighted by Gasteiger charge is -2.39. The Bertz CT molecular complexity index is 762. The Labute approximate surface area is 160 Å². The van der Waals surface area contributed by atoms with Gasteiger partial charge >= 0.3 is 6.03 Å². The van der Waals surface area contributed by atoms with Gasteiger partial charge in [0.15, 0.2) is 0 Å². The summed E-state index contributed by atoms with van der Waals surface area (Å²) in [5, 5.41) is 5.95. The van der Waals surface area contributed by atoms with Crippen LogP contribution in [0.25, 0.3) is 0 Å². The Morgan fingerprint density at radius 2 is 1.59 bits per heavy atom. The fourth-order valence-electron chi connectivity index (χ4n) is 3.53. The maximum Gasteiger partial charge on any atom is 0.318 e. The second-order valence-electron chi connectivity index (χ2n) is 7.31. The molecule has 1 saturated heterocycles. The van der Waals surface area contributed by atoms with Crippen LogP contribution in [0.3, 0.4) is 0 Å². The van der Waals surface area contributed by atoms with Crippen molar-refractivity contribution in [1.29, 1.82) is 0 Å². The summed E-state index contributed by atoms with van der Waals surface area (Å²) in [7, 11) is 0. The van der Waals surface area contributed by atoms with Crippen molar-refractivity contribution in [2.75, 3.05) is 11.9 Å². The zero-order valence-electron chi connectivity index (χ0n) is 15.9. The minimum Gasteiger partial charge on any atom is -0.336 e. The molecule has 2 aromatic carbocycles. The summed E-state index contributed by atoms with van der Waals surface area (Å²) in [6, 6.07) is 19.4. The van der Waals surface area contributed by atoms with Gasteiger partial charge in [0.1, 0.15) is 0 Å². The van der Waals surface area contributed by atoms with Crippen molar-refractivity contribution in [1.82, 2.24) is 10.2 Å². The molecule has 142 valence electrons. The lowest BCUT2D eigenvalue weighted by Crippen LogP contribution is -2.50. The van der Waals surface area contributed by atoms with Gasteiger partial charge in [-0.3, -0.25) is 4.79 Å². The van der Waals surface area contributed by atoms with E-state index >= 15 is 0 Å². The first kappa shape index (κ1) is 19.0. The number of piperidine rings is 1. The number of benzene rings is 2. The molecular weight excluding hydrogens is 338 g/mol. The highest BCUT2D eigenvalue weighted by Crippen LogP contribution is 2.34.